The molecule has 0 spiro atoms. The second-order valence-electron chi connectivity index (χ2n) is 2.75. The molecule has 0 saturated heterocycles. The van der Waals surface area contributed by atoms with E-state index in [9.17, 15) is 13.2 Å². The molecule has 5 heteroatoms. The van der Waals surface area contributed by atoms with Crippen molar-refractivity contribution < 1.29 is 13.2 Å². The van der Waals surface area contributed by atoms with Crippen LogP contribution in [0, 0.1) is 11.3 Å². The molecule has 0 heterocycles. The maximum atomic E-state index is 12.8. The molecular formula is C9H7F3N2. The van der Waals surface area contributed by atoms with Crippen molar-refractivity contribution in [2.24, 2.45) is 0 Å². The lowest BCUT2D eigenvalue weighted by Crippen LogP contribution is -2.16. The summed E-state index contributed by atoms with van der Waals surface area (Å²) < 4.78 is 37.5. The first-order valence-electron chi connectivity index (χ1n) is 3.75. The standard InChI is InChI=1S/C9H7F3N2/c10-5-9(11,12)7-1-2-8(14)6(3-7)4-13/h1-3H,5,14H2. The van der Waals surface area contributed by atoms with Crippen LogP contribution < -0.4 is 5.73 Å². The number of alkyl halides is 3. The zero-order chi connectivity index (χ0) is 10.8. The molecular weight excluding hydrogens is 193 g/mol. The number of rotatable bonds is 2. The minimum absolute atomic E-state index is 0.0735. The molecule has 2 nitrogen and oxygen atoms in total. The summed E-state index contributed by atoms with van der Waals surface area (Å²) in [5.74, 6) is -3.56. The Balaban J connectivity index is 3.21. The Kier molecular flexibility index (Phi) is 2.65. The molecule has 0 aromatic heterocycles. The maximum Gasteiger partial charge on any atom is 0.301 e. The van der Waals surface area contributed by atoms with Gasteiger partial charge in [0.25, 0.3) is 0 Å². The fourth-order valence-corrected chi connectivity index (χ4v) is 0.958. The van der Waals surface area contributed by atoms with Crippen LogP contribution in [-0.2, 0) is 5.92 Å². The van der Waals surface area contributed by atoms with Gasteiger partial charge in [0, 0.05) is 11.3 Å². The Morgan fingerprint density at radius 1 is 1.43 bits per heavy atom. The molecule has 0 unspecified atom stereocenters. The van der Waals surface area contributed by atoms with Gasteiger partial charge >= 0.3 is 5.92 Å². The summed E-state index contributed by atoms with van der Waals surface area (Å²) in [5.41, 5.74) is 4.82. The van der Waals surface area contributed by atoms with Crippen LogP contribution in [0.5, 0.6) is 0 Å². The molecule has 1 aromatic carbocycles. The number of benzene rings is 1. The van der Waals surface area contributed by atoms with Crippen molar-refractivity contribution in [1.29, 1.82) is 5.26 Å². The van der Waals surface area contributed by atoms with Crippen LogP contribution >= 0.6 is 0 Å². The van der Waals surface area contributed by atoms with Crippen molar-refractivity contribution in [2.45, 2.75) is 5.92 Å². The van der Waals surface area contributed by atoms with Gasteiger partial charge in [-0.1, -0.05) is 6.07 Å². The van der Waals surface area contributed by atoms with Gasteiger partial charge in [0.1, 0.15) is 6.07 Å². The van der Waals surface area contributed by atoms with Gasteiger partial charge in [0.05, 0.1) is 5.56 Å². The Labute approximate surface area is 78.8 Å². The first-order chi connectivity index (χ1) is 6.51. The largest absolute Gasteiger partial charge is 0.398 e. The summed E-state index contributed by atoms with van der Waals surface area (Å²) >= 11 is 0. The normalized spacial score (nSPS) is 11.0. The molecule has 0 saturated carbocycles. The average molecular weight is 200 g/mol. The molecule has 0 fully saturated rings. The third-order valence-electron chi connectivity index (χ3n) is 1.76. The first-order valence-corrected chi connectivity index (χ1v) is 3.75. The van der Waals surface area contributed by atoms with Crippen molar-refractivity contribution in [3.63, 3.8) is 0 Å². The first kappa shape index (κ1) is 10.4. The van der Waals surface area contributed by atoms with E-state index < -0.39 is 18.2 Å². The van der Waals surface area contributed by atoms with Crippen molar-refractivity contribution in [3.05, 3.63) is 29.3 Å². The summed E-state index contributed by atoms with van der Waals surface area (Å²) in [5, 5.41) is 8.51. The average Bonchev–Trinajstić information content (AvgIpc) is 2.18. The van der Waals surface area contributed by atoms with E-state index in [0.29, 0.717) is 0 Å². The van der Waals surface area contributed by atoms with Gasteiger partial charge in [0.15, 0.2) is 6.67 Å². The molecule has 0 amide bonds. The maximum absolute atomic E-state index is 12.8. The van der Waals surface area contributed by atoms with Gasteiger partial charge in [-0.2, -0.15) is 14.0 Å². The highest BCUT2D eigenvalue weighted by molar-refractivity contribution is 5.55. The molecule has 14 heavy (non-hydrogen) atoms. The molecule has 1 aromatic rings. The van der Waals surface area contributed by atoms with E-state index in [1.807, 2.05) is 0 Å². The zero-order valence-electron chi connectivity index (χ0n) is 7.10. The number of nitrogens with two attached hydrogens (primary N) is 1. The Bertz CT molecular complexity index is 382. The lowest BCUT2D eigenvalue weighted by Gasteiger charge is -2.12. The predicted octanol–water partition coefficient (Wildman–Crippen LogP) is 2.20. The van der Waals surface area contributed by atoms with Gasteiger partial charge in [-0.05, 0) is 12.1 Å². The topological polar surface area (TPSA) is 49.8 Å². The summed E-state index contributed by atoms with van der Waals surface area (Å²) in [7, 11) is 0. The van der Waals surface area contributed by atoms with Gasteiger partial charge in [-0.15, -0.1) is 0 Å². The van der Waals surface area contributed by atoms with Gasteiger partial charge in [-0.3, -0.25) is 0 Å². The molecule has 0 aliphatic heterocycles. The van der Waals surface area contributed by atoms with E-state index in [2.05, 4.69) is 0 Å². The summed E-state index contributed by atoms with van der Waals surface area (Å²) in [6.45, 7) is -1.79. The zero-order valence-corrected chi connectivity index (χ0v) is 7.10. The van der Waals surface area contributed by atoms with Crippen LogP contribution in [0.4, 0.5) is 18.9 Å². The van der Waals surface area contributed by atoms with Crippen LogP contribution in [0.2, 0.25) is 0 Å². The van der Waals surface area contributed by atoms with E-state index >= 15 is 0 Å². The van der Waals surface area contributed by atoms with Gasteiger partial charge in [-0.25, -0.2) is 4.39 Å². The van der Waals surface area contributed by atoms with Crippen molar-refractivity contribution in [2.75, 3.05) is 12.4 Å². The Morgan fingerprint density at radius 2 is 2.07 bits per heavy atom. The molecule has 0 aliphatic carbocycles. The Morgan fingerprint density at radius 3 is 2.57 bits per heavy atom. The molecule has 0 aliphatic rings. The summed E-state index contributed by atoms with van der Waals surface area (Å²) in [6.07, 6.45) is 0. The van der Waals surface area contributed by atoms with Crippen LogP contribution in [0.1, 0.15) is 11.1 Å². The predicted molar refractivity (Wildman–Crippen MR) is 45.4 cm³/mol. The minimum Gasteiger partial charge on any atom is -0.398 e. The summed E-state index contributed by atoms with van der Waals surface area (Å²) in [4.78, 5) is 0. The Hall–Kier alpha value is -1.70. The second kappa shape index (κ2) is 3.58. The number of halogens is 3. The van der Waals surface area contributed by atoms with E-state index in [0.717, 1.165) is 18.2 Å². The van der Waals surface area contributed by atoms with E-state index in [1.54, 1.807) is 6.07 Å². The van der Waals surface area contributed by atoms with E-state index in [4.69, 9.17) is 11.0 Å². The quantitative estimate of drug-likeness (QED) is 0.744. The van der Waals surface area contributed by atoms with Crippen molar-refractivity contribution >= 4 is 5.69 Å². The highest BCUT2D eigenvalue weighted by atomic mass is 19.3. The molecule has 2 N–H and O–H groups in total. The number of anilines is 1. The number of nitrogens with zero attached hydrogens (tertiary/aromatic N) is 1. The second-order valence-corrected chi connectivity index (χ2v) is 2.75. The van der Waals surface area contributed by atoms with Gasteiger partial charge in [0.2, 0.25) is 0 Å². The van der Waals surface area contributed by atoms with Crippen LogP contribution in [-0.4, -0.2) is 6.67 Å². The minimum atomic E-state index is -3.56. The molecule has 0 atom stereocenters. The number of nitriles is 1. The smallest absolute Gasteiger partial charge is 0.301 e. The van der Waals surface area contributed by atoms with Gasteiger partial charge < -0.3 is 5.73 Å². The van der Waals surface area contributed by atoms with E-state index in [1.165, 1.54) is 0 Å². The molecule has 0 radical (unpaired) electrons. The lowest BCUT2D eigenvalue weighted by atomic mass is 10.1. The SMILES string of the molecule is N#Cc1cc(C(F)(F)CF)ccc1N. The number of hydrogen-bond donors (Lipinski definition) is 1. The number of hydrogen-bond acceptors (Lipinski definition) is 2. The highest BCUT2D eigenvalue weighted by Gasteiger charge is 2.31. The third-order valence-corrected chi connectivity index (χ3v) is 1.76. The molecule has 74 valence electrons. The fourth-order valence-electron chi connectivity index (χ4n) is 0.958. The summed E-state index contributed by atoms with van der Waals surface area (Å²) in [6, 6.07) is 4.72. The monoisotopic (exact) mass is 200 g/mol. The van der Waals surface area contributed by atoms with Crippen molar-refractivity contribution in [1.82, 2.24) is 0 Å². The van der Waals surface area contributed by atoms with Crippen LogP contribution in [0.3, 0.4) is 0 Å². The van der Waals surface area contributed by atoms with E-state index in [-0.39, 0.29) is 11.3 Å². The molecule has 1 rings (SSSR count). The lowest BCUT2D eigenvalue weighted by molar-refractivity contribution is -0.0280. The fraction of sp³-hybridized carbons (Fsp3) is 0.222. The van der Waals surface area contributed by atoms with Crippen LogP contribution in [0.25, 0.3) is 0 Å². The van der Waals surface area contributed by atoms with Crippen molar-refractivity contribution in [3.8, 4) is 6.07 Å². The van der Waals surface area contributed by atoms with Crippen LogP contribution in [0.15, 0.2) is 18.2 Å². The third kappa shape index (κ3) is 1.79. The number of nitrogen functional groups attached to an aromatic ring is 1. The molecule has 0 bridgehead atoms. The highest BCUT2D eigenvalue weighted by Crippen LogP contribution is 2.30.